The molecule has 0 unspecified atom stereocenters. The summed E-state index contributed by atoms with van der Waals surface area (Å²) in [6.07, 6.45) is 3.84. The minimum atomic E-state index is -3.48. The van der Waals surface area contributed by atoms with Gasteiger partial charge in [-0.05, 0) is 32.3 Å². The van der Waals surface area contributed by atoms with E-state index in [4.69, 9.17) is 16.2 Å². The van der Waals surface area contributed by atoms with Crippen molar-refractivity contribution in [1.82, 2.24) is 4.98 Å². The van der Waals surface area contributed by atoms with Gasteiger partial charge in [0.1, 0.15) is 16.1 Å². The van der Waals surface area contributed by atoms with Crippen LogP contribution in [-0.4, -0.2) is 35.8 Å². The fourth-order valence-electron chi connectivity index (χ4n) is 4.06. The van der Waals surface area contributed by atoms with Crippen molar-refractivity contribution < 1.29 is 13.2 Å². The second kappa shape index (κ2) is 4.37. The van der Waals surface area contributed by atoms with Gasteiger partial charge in [-0.25, -0.2) is 13.4 Å². The van der Waals surface area contributed by atoms with Gasteiger partial charge in [-0.15, -0.1) is 0 Å². The summed E-state index contributed by atoms with van der Waals surface area (Å²) in [5.41, 5.74) is 12.1. The van der Waals surface area contributed by atoms with Crippen LogP contribution in [0.3, 0.4) is 0 Å². The summed E-state index contributed by atoms with van der Waals surface area (Å²) >= 11 is 0. The number of aliphatic imine (C=N–C) groups is 1. The highest BCUT2D eigenvalue weighted by molar-refractivity contribution is 7.94. The van der Waals surface area contributed by atoms with Gasteiger partial charge in [-0.3, -0.25) is 4.99 Å². The van der Waals surface area contributed by atoms with E-state index in [0.29, 0.717) is 36.4 Å². The van der Waals surface area contributed by atoms with E-state index in [9.17, 15) is 8.42 Å². The second-order valence-electron chi connectivity index (χ2n) is 6.78. The van der Waals surface area contributed by atoms with Crippen molar-refractivity contribution in [2.75, 3.05) is 12.3 Å². The predicted molar refractivity (Wildman–Crippen MR) is 87.0 cm³/mol. The molecule has 124 valence electrons. The van der Waals surface area contributed by atoms with Crippen LogP contribution in [0.1, 0.15) is 38.2 Å². The number of anilines is 1. The third-order valence-corrected chi connectivity index (χ3v) is 8.71. The number of nitrogen functional groups attached to an aromatic ring is 1. The van der Waals surface area contributed by atoms with Gasteiger partial charge in [-0.1, -0.05) is 0 Å². The smallest absolute Gasteiger partial charge is 0.219 e. The van der Waals surface area contributed by atoms with E-state index >= 15 is 0 Å². The molecule has 1 spiro atoms. The van der Waals surface area contributed by atoms with Crippen molar-refractivity contribution in [3.63, 3.8) is 0 Å². The molecule has 1 aromatic rings. The molecule has 0 aromatic carbocycles. The van der Waals surface area contributed by atoms with Gasteiger partial charge in [0.05, 0.1) is 23.7 Å². The Bertz CT molecular complexity index is 816. The van der Waals surface area contributed by atoms with Crippen LogP contribution in [0, 0.1) is 0 Å². The lowest BCUT2D eigenvalue weighted by Gasteiger charge is -2.50. The molecule has 8 heteroatoms. The Labute approximate surface area is 135 Å². The van der Waals surface area contributed by atoms with Crippen LogP contribution in [0.5, 0.6) is 5.88 Å². The van der Waals surface area contributed by atoms with E-state index in [0.717, 1.165) is 6.42 Å². The first-order valence-corrected chi connectivity index (χ1v) is 9.34. The molecule has 0 radical (unpaired) electrons. The van der Waals surface area contributed by atoms with E-state index in [2.05, 4.69) is 9.98 Å². The summed E-state index contributed by atoms with van der Waals surface area (Å²) in [5, 5.41) is -0.674. The molecule has 3 aliphatic rings. The number of amidine groups is 1. The largest absolute Gasteiger partial charge is 0.477 e. The van der Waals surface area contributed by atoms with E-state index in [1.807, 2.05) is 0 Å². The number of ether oxygens (including phenoxy) is 1. The van der Waals surface area contributed by atoms with Crippen molar-refractivity contribution >= 4 is 21.4 Å². The number of fused-ring (bicyclic) bond motifs is 3. The van der Waals surface area contributed by atoms with Crippen LogP contribution >= 0.6 is 0 Å². The van der Waals surface area contributed by atoms with Gasteiger partial charge in [0.25, 0.3) is 0 Å². The number of nitrogens with two attached hydrogens (primary N) is 2. The van der Waals surface area contributed by atoms with Crippen molar-refractivity contribution in [1.29, 1.82) is 0 Å². The molecule has 1 fully saturated rings. The Morgan fingerprint density at radius 1 is 1.35 bits per heavy atom. The van der Waals surface area contributed by atoms with Crippen molar-refractivity contribution in [2.45, 2.75) is 48.1 Å². The zero-order valence-corrected chi connectivity index (χ0v) is 13.8. The summed E-state index contributed by atoms with van der Waals surface area (Å²) in [6, 6.07) is 1.70. The molecule has 2 aliphatic heterocycles. The van der Waals surface area contributed by atoms with Crippen LogP contribution < -0.4 is 16.2 Å². The monoisotopic (exact) mass is 336 g/mol. The molecule has 23 heavy (non-hydrogen) atoms. The van der Waals surface area contributed by atoms with Crippen LogP contribution in [0.2, 0.25) is 0 Å². The highest BCUT2D eigenvalue weighted by Gasteiger charge is 2.63. The molecule has 1 saturated carbocycles. The molecule has 7 nitrogen and oxygen atoms in total. The molecule has 0 saturated heterocycles. The Balaban J connectivity index is 2.00. The fraction of sp³-hybridized carbons (Fsp3) is 0.600. The van der Waals surface area contributed by atoms with E-state index < -0.39 is 25.4 Å². The second-order valence-corrected chi connectivity index (χ2v) is 9.23. The predicted octanol–water partition coefficient (Wildman–Crippen LogP) is 0.738. The Morgan fingerprint density at radius 2 is 2.09 bits per heavy atom. The fourth-order valence-corrected chi connectivity index (χ4v) is 6.99. The first kappa shape index (κ1) is 14.7. The van der Waals surface area contributed by atoms with Crippen molar-refractivity contribution in [2.24, 2.45) is 10.7 Å². The summed E-state index contributed by atoms with van der Waals surface area (Å²) < 4.78 is 31.4. The van der Waals surface area contributed by atoms with Gasteiger partial charge in [0.15, 0.2) is 9.84 Å². The number of nitrogens with zero attached hydrogens (tertiary/aromatic N) is 2. The number of hydrogen-bond acceptors (Lipinski definition) is 7. The van der Waals surface area contributed by atoms with E-state index in [1.54, 1.807) is 13.0 Å². The third-order valence-electron chi connectivity index (χ3n) is 5.56. The van der Waals surface area contributed by atoms with Crippen molar-refractivity contribution in [3.8, 4) is 5.88 Å². The average Bonchev–Trinajstić information content (AvgIpc) is 2.54. The quantitative estimate of drug-likeness (QED) is 0.721. The van der Waals surface area contributed by atoms with Crippen LogP contribution in [0.4, 0.5) is 5.69 Å². The minimum absolute atomic E-state index is 0.220. The highest BCUT2D eigenvalue weighted by atomic mass is 32.2. The number of rotatable bonds is 0. The van der Waals surface area contributed by atoms with Gasteiger partial charge >= 0.3 is 0 Å². The number of hydrogen-bond donors (Lipinski definition) is 2. The Morgan fingerprint density at radius 3 is 2.74 bits per heavy atom. The average molecular weight is 336 g/mol. The van der Waals surface area contributed by atoms with E-state index in [1.165, 1.54) is 6.20 Å². The highest BCUT2D eigenvalue weighted by Crippen LogP contribution is 2.53. The van der Waals surface area contributed by atoms with Crippen LogP contribution in [0.15, 0.2) is 17.3 Å². The minimum Gasteiger partial charge on any atom is -0.477 e. The number of sulfone groups is 1. The molecule has 3 heterocycles. The molecule has 0 bridgehead atoms. The zero-order valence-electron chi connectivity index (χ0n) is 12.9. The lowest BCUT2D eigenvalue weighted by molar-refractivity contribution is 0.298. The standard InChI is InChI=1S/C15H20N4O3S/c1-14-10-7-9(16)8-18-12(10)22-6-3-11(14)23(20,21)15(4-2-5-15)13(17)19-14/h7-8,11H,2-6,16H2,1H3,(H2,17,19)/t11-,14-/m1/s1. The zero-order chi connectivity index (χ0) is 16.5. The van der Waals surface area contributed by atoms with Crippen LogP contribution in [-0.2, 0) is 15.4 Å². The summed E-state index contributed by atoms with van der Waals surface area (Å²) in [4.78, 5) is 8.90. The SMILES string of the molecule is C[C@]12N=C(N)C3(CCC3)S(=O)(=O)[C@@H]1CCOc1ncc(N)cc12. The number of aromatic nitrogens is 1. The van der Waals surface area contributed by atoms with Crippen LogP contribution in [0.25, 0.3) is 0 Å². The molecule has 4 rings (SSSR count). The van der Waals surface area contributed by atoms with E-state index in [-0.39, 0.29) is 12.4 Å². The maximum atomic E-state index is 13.3. The maximum absolute atomic E-state index is 13.3. The van der Waals surface area contributed by atoms with Gasteiger partial charge < -0.3 is 16.2 Å². The first-order chi connectivity index (χ1) is 10.8. The lowest BCUT2D eigenvalue weighted by atomic mass is 9.81. The van der Waals surface area contributed by atoms with Gasteiger partial charge in [0.2, 0.25) is 5.88 Å². The normalized spacial score (nSPS) is 33.4. The third kappa shape index (κ3) is 1.67. The summed E-state index contributed by atoms with van der Waals surface area (Å²) in [6.45, 7) is 2.08. The molecule has 1 aromatic heterocycles. The topological polar surface area (TPSA) is 121 Å². The molecular formula is C15H20N4O3S. The Kier molecular flexibility index (Phi) is 2.80. The molecule has 1 aliphatic carbocycles. The molecule has 4 N–H and O–H groups in total. The van der Waals surface area contributed by atoms with Gasteiger partial charge in [-0.2, -0.15) is 0 Å². The molecule has 0 amide bonds. The Hall–Kier alpha value is -1.83. The molecule has 2 atom stereocenters. The lowest BCUT2D eigenvalue weighted by Crippen LogP contribution is -2.65. The first-order valence-electron chi connectivity index (χ1n) is 7.79. The molecular weight excluding hydrogens is 316 g/mol. The maximum Gasteiger partial charge on any atom is 0.219 e. The van der Waals surface area contributed by atoms with Crippen molar-refractivity contribution in [3.05, 3.63) is 17.8 Å². The van der Waals surface area contributed by atoms with Gasteiger partial charge in [0, 0.05) is 12.0 Å². The summed E-state index contributed by atoms with van der Waals surface area (Å²) in [5.74, 6) is 0.610. The summed E-state index contributed by atoms with van der Waals surface area (Å²) in [7, 11) is -3.48. The number of pyridine rings is 1.